The van der Waals surface area contributed by atoms with Crippen molar-refractivity contribution < 1.29 is 0 Å². The summed E-state index contributed by atoms with van der Waals surface area (Å²) in [6.07, 6.45) is 4.48. The Hall–Kier alpha value is -1.78. The Morgan fingerprint density at radius 3 is 2.63 bits per heavy atom. The van der Waals surface area contributed by atoms with Crippen molar-refractivity contribution in [2.45, 2.75) is 26.3 Å². The second-order valence-electron chi connectivity index (χ2n) is 5.12. The van der Waals surface area contributed by atoms with Gasteiger partial charge in [0.15, 0.2) is 0 Å². The highest BCUT2D eigenvalue weighted by Gasteiger charge is 2.13. The molecule has 0 amide bonds. The van der Waals surface area contributed by atoms with E-state index in [1.807, 2.05) is 6.07 Å². The lowest BCUT2D eigenvalue weighted by molar-refractivity contribution is 0.624. The van der Waals surface area contributed by atoms with Crippen molar-refractivity contribution in [1.82, 2.24) is 15.6 Å². The number of nitrogens with zero attached hydrogens (tertiary/aromatic N) is 2. The molecule has 0 saturated heterocycles. The molecule has 1 atom stereocenters. The van der Waals surface area contributed by atoms with Crippen LogP contribution in [0.4, 0.5) is 0 Å². The zero-order valence-electron chi connectivity index (χ0n) is 11.4. The number of hydrazine groups is 1. The molecule has 0 fully saturated rings. The topological polar surface area (TPSA) is 63.8 Å². The van der Waals surface area contributed by atoms with Crippen LogP contribution in [-0.4, -0.2) is 10.2 Å². The quantitative estimate of drug-likeness (QED) is 0.636. The van der Waals surface area contributed by atoms with Crippen molar-refractivity contribution in [1.29, 1.82) is 0 Å². The Labute approximate surface area is 114 Å². The van der Waals surface area contributed by atoms with E-state index in [9.17, 15) is 0 Å². The van der Waals surface area contributed by atoms with Crippen LogP contribution in [0.2, 0.25) is 0 Å². The Morgan fingerprint density at radius 1 is 1.16 bits per heavy atom. The molecule has 19 heavy (non-hydrogen) atoms. The van der Waals surface area contributed by atoms with Crippen LogP contribution in [0.1, 0.15) is 36.6 Å². The zero-order valence-corrected chi connectivity index (χ0v) is 11.4. The van der Waals surface area contributed by atoms with E-state index in [0.717, 1.165) is 17.5 Å². The van der Waals surface area contributed by atoms with Crippen molar-refractivity contribution in [2.24, 2.45) is 11.8 Å². The van der Waals surface area contributed by atoms with Gasteiger partial charge in [-0.3, -0.25) is 5.84 Å². The minimum absolute atomic E-state index is 0.0531. The van der Waals surface area contributed by atoms with E-state index < -0.39 is 0 Å². The summed E-state index contributed by atoms with van der Waals surface area (Å²) in [7, 11) is 0. The van der Waals surface area contributed by atoms with Crippen molar-refractivity contribution in [2.75, 3.05) is 0 Å². The number of benzene rings is 1. The molecule has 0 saturated carbocycles. The second kappa shape index (κ2) is 6.41. The third-order valence-corrected chi connectivity index (χ3v) is 3.04. The normalized spacial score (nSPS) is 12.6. The number of hydrogen-bond acceptors (Lipinski definition) is 4. The van der Waals surface area contributed by atoms with Crippen molar-refractivity contribution in [3.05, 3.63) is 59.4 Å². The molecule has 0 bridgehead atoms. The molecule has 3 N–H and O–H groups in total. The molecule has 1 heterocycles. The average Bonchev–Trinajstić information content (AvgIpc) is 2.40. The minimum atomic E-state index is -0.0531. The van der Waals surface area contributed by atoms with Gasteiger partial charge in [0.05, 0.1) is 12.2 Å². The highest BCUT2D eigenvalue weighted by Crippen LogP contribution is 2.22. The Balaban J connectivity index is 2.28. The van der Waals surface area contributed by atoms with Gasteiger partial charge in [-0.05, 0) is 35.1 Å². The van der Waals surface area contributed by atoms with Gasteiger partial charge in [0.2, 0.25) is 0 Å². The number of nitrogens with two attached hydrogens (primary N) is 1. The first kappa shape index (κ1) is 13.6. The van der Waals surface area contributed by atoms with E-state index in [-0.39, 0.29) is 6.04 Å². The van der Waals surface area contributed by atoms with Gasteiger partial charge < -0.3 is 0 Å². The molecule has 0 radical (unpaired) electrons. The fourth-order valence-electron chi connectivity index (χ4n) is 2.23. The maximum Gasteiger partial charge on any atom is 0.0726 e. The number of aromatic nitrogens is 2. The summed E-state index contributed by atoms with van der Waals surface area (Å²) in [6.45, 7) is 4.44. The lowest BCUT2D eigenvalue weighted by Crippen LogP contribution is -2.29. The molecular formula is C15H20N4. The molecular weight excluding hydrogens is 236 g/mol. The van der Waals surface area contributed by atoms with E-state index in [0.29, 0.717) is 5.92 Å². The number of nitrogens with one attached hydrogen (secondary N) is 1. The summed E-state index contributed by atoms with van der Waals surface area (Å²) < 4.78 is 0. The smallest absolute Gasteiger partial charge is 0.0726 e. The molecule has 0 aliphatic heterocycles. The summed E-state index contributed by atoms with van der Waals surface area (Å²) in [6, 6.07) is 10.4. The SMILES string of the molecule is CC(C)Cc1cccc(C(NN)c2ccnnc2)c1. The summed E-state index contributed by atoms with van der Waals surface area (Å²) in [4.78, 5) is 0. The lowest BCUT2D eigenvalue weighted by Gasteiger charge is -2.17. The van der Waals surface area contributed by atoms with Crippen molar-refractivity contribution in [3.63, 3.8) is 0 Å². The van der Waals surface area contributed by atoms with Crippen LogP contribution in [0, 0.1) is 5.92 Å². The first-order chi connectivity index (χ1) is 9.20. The number of hydrogen-bond donors (Lipinski definition) is 2. The summed E-state index contributed by atoms with van der Waals surface area (Å²) in [5, 5.41) is 7.70. The van der Waals surface area contributed by atoms with Crippen LogP contribution in [0.25, 0.3) is 0 Å². The Morgan fingerprint density at radius 2 is 2.00 bits per heavy atom. The van der Waals surface area contributed by atoms with Crippen LogP contribution in [0.3, 0.4) is 0 Å². The Bertz CT molecular complexity index is 511. The first-order valence-electron chi connectivity index (χ1n) is 6.52. The van der Waals surface area contributed by atoms with Gasteiger partial charge in [-0.15, -0.1) is 0 Å². The van der Waals surface area contributed by atoms with Gasteiger partial charge in [0, 0.05) is 6.20 Å². The summed E-state index contributed by atoms with van der Waals surface area (Å²) in [5.41, 5.74) is 6.34. The van der Waals surface area contributed by atoms with Crippen LogP contribution >= 0.6 is 0 Å². The molecule has 1 unspecified atom stereocenters. The standard InChI is InChI=1S/C15H20N4/c1-11(2)8-12-4-3-5-13(9-12)15(19-16)14-6-7-17-18-10-14/h3-7,9-11,15,19H,8,16H2,1-2H3. The van der Waals surface area contributed by atoms with Crippen LogP contribution in [0.15, 0.2) is 42.7 Å². The second-order valence-corrected chi connectivity index (χ2v) is 5.12. The van der Waals surface area contributed by atoms with Gasteiger partial charge >= 0.3 is 0 Å². The monoisotopic (exact) mass is 256 g/mol. The van der Waals surface area contributed by atoms with Gasteiger partial charge in [-0.2, -0.15) is 10.2 Å². The van der Waals surface area contributed by atoms with Gasteiger partial charge in [0.1, 0.15) is 0 Å². The van der Waals surface area contributed by atoms with Gasteiger partial charge in [-0.1, -0.05) is 38.1 Å². The van der Waals surface area contributed by atoms with Crippen LogP contribution in [0.5, 0.6) is 0 Å². The van der Waals surface area contributed by atoms with E-state index in [2.05, 4.69) is 53.7 Å². The maximum absolute atomic E-state index is 5.69. The first-order valence-corrected chi connectivity index (χ1v) is 6.52. The third kappa shape index (κ3) is 3.59. The highest BCUT2D eigenvalue weighted by molar-refractivity contribution is 5.32. The predicted octanol–water partition coefficient (Wildman–Crippen LogP) is 2.23. The Kier molecular flexibility index (Phi) is 4.60. The van der Waals surface area contributed by atoms with E-state index >= 15 is 0 Å². The summed E-state index contributed by atoms with van der Waals surface area (Å²) >= 11 is 0. The molecule has 4 nitrogen and oxygen atoms in total. The number of rotatable bonds is 5. The van der Waals surface area contributed by atoms with Gasteiger partial charge in [-0.25, -0.2) is 5.43 Å². The summed E-state index contributed by atoms with van der Waals surface area (Å²) in [5.74, 6) is 6.33. The largest absolute Gasteiger partial charge is 0.271 e. The molecule has 2 aromatic rings. The zero-order chi connectivity index (χ0) is 13.7. The maximum atomic E-state index is 5.69. The predicted molar refractivity (Wildman–Crippen MR) is 76.2 cm³/mol. The molecule has 0 aliphatic carbocycles. The van der Waals surface area contributed by atoms with Crippen molar-refractivity contribution in [3.8, 4) is 0 Å². The van der Waals surface area contributed by atoms with E-state index in [4.69, 9.17) is 5.84 Å². The molecule has 100 valence electrons. The third-order valence-electron chi connectivity index (χ3n) is 3.04. The fourth-order valence-corrected chi connectivity index (χ4v) is 2.23. The minimum Gasteiger partial charge on any atom is -0.271 e. The average molecular weight is 256 g/mol. The molecule has 0 aliphatic rings. The molecule has 4 heteroatoms. The van der Waals surface area contributed by atoms with E-state index in [1.165, 1.54) is 5.56 Å². The lowest BCUT2D eigenvalue weighted by atomic mass is 9.96. The fraction of sp³-hybridized carbons (Fsp3) is 0.333. The van der Waals surface area contributed by atoms with Gasteiger partial charge in [0.25, 0.3) is 0 Å². The molecule has 2 rings (SSSR count). The van der Waals surface area contributed by atoms with Crippen LogP contribution < -0.4 is 11.3 Å². The van der Waals surface area contributed by atoms with Crippen LogP contribution in [-0.2, 0) is 6.42 Å². The molecule has 1 aromatic heterocycles. The van der Waals surface area contributed by atoms with Crippen molar-refractivity contribution >= 4 is 0 Å². The highest BCUT2D eigenvalue weighted by atomic mass is 15.2. The molecule has 1 aromatic carbocycles. The molecule has 0 spiro atoms. The van der Waals surface area contributed by atoms with E-state index in [1.54, 1.807) is 12.4 Å².